The number of aliphatic hydroxyl groups is 1. The fraction of sp³-hybridized carbons (Fsp3) is 0.471. The van der Waals surface area contributed by atoms with Crippen LogP contribution in [0.2, 0.25) is 0 Å². The number of hydrogen-bond acceptors (Lipinski definition) is 2. The molecule has 2 rings (SSSR count). The summed E-state index contributed by atoms with van der Waals surface area (Å²) in [6.07, 6.45) is 6.14. The van der Waals surface area contributed by atoms with Crippen molar-refractivity contribution in [2.24, 2.45) is 5.92 Å². The van der Waals surface area contributed by atoms with E-state index in [0.29, 0.717) is 24.3 Å². The highest BCUT2D eigenvalue weighted by molar-refractivity contribution is 5.91. The summed E-state index contributed by atoms with van der Waals surface area (Å²) in [5.41, 5.74) is -0.425. The lowest BCUT2D eigenvalue weighted by molar-refractivity contribution is -0.118. The Morgan fingerprint density at radius 2 is 2.10 bits per heavy atom. The van der Waals surface area contributed by atoms with Crippen molar-refractivity contribution in [3.05, 3.63) is 41.7 Å². The number of nitrogens with one attached hydrogen (secondary N) is 1. The minimum absolute atomic E-state index is 0.250. The van der Waals surface area contributed by atoms with Gasteiger partial charge in [0.25, 0.3) is 0 Å². The van der Waals surface area contributed by atoms with Gasteiger partial charge in [-0.1, -0.05) is 25.1 Å². The molecule has 0 bridgehead atoms. The molecule has 21 heavy (non-hydrogen) atoms. The van der Waals surface area contributed by atoms with E-state index in [1.54, 1.807) is 18.2 Å². The number of halogens is 1. The molecule has 4 heteroatoms. The Morgan fingerprint density at radius 3 is 2.76 bits per heavy atom. The zero-order valence-corrected chi connectivity index (χ0v) is 12.3. The van der Waals surface area contributed by atoms with E-state index in [-0.39, 0.29) is 18.3 Å². The molecule has 1 aliphatic carbocycles. The van der Waals surface area contributed by atoms with Gasteiger partial charge < -0.3 is 10.4 Å². The van der Waals surface area contributed by atoms with Gasteiger partial charge >= 0.3 is 0 Å². The normalized spacial score (nSPS) is 26.0. The monoisotopic (exact) mass is 291 g/mol. The van der Waals surface area contributed by atoms with Crippen LogP contribution in [-0.2, 0) is 4.79 Å². The molecule has 1 fully saturated rings. The molecule has 2 N–H and O–H groups in total. The highest BCUT2D eigenvalue weighted by Crippen LogP contribution is 2.31. The van der Waals surface area contributed by atoms with Gasteiger partial charge in [-0.25, -0.2) is 4.39 Å². The predicted molar refractivity (Wildman–Crippen MR) is 81.0 cm³/mol. The number of carbonyl (C=O) groups excluding carboxylic acids is 1. The summed E-state index contributed by atoms with van der Waals surface area (Å²) in [6.45, 7) is 2.43. The fourth-order valence-corrected chi connectivity index (χ4v) is 2.56. The molecule has 1 saturated carbocycles. The van der Waals surface area contributed by atoms with E-state index >= 15 is 0 Å². The molecule has 0 aliphatic heterocycles. The standard InChI is InChI=1S/C17H22FNO2/c1-13-8-10-17(21,11-9-13)12-19-16(20)7-6-14-4-2-3-5-15(14)18/h2-7,13,21H,8-12H2,1H3,(H,19,20). The molecule has 1 aliphatic rings. The molecule has 0 heterocycles. The van der Waals surface area contributed by atoms with Crippen molar-refractivity contribution in [2.45, 2.75) is 38.2 Å². The molecule has 0 aromatic heterocycles. The molecule has 1 amide bonds. The van der Waals surface area contributed by atoms with E-state index < -0.39 is 5.60 Å². The largest absolute Gasteiger partial charge is 0.388 e. The van der Waals surface area contributed by atoms with Crippen LogP contribution < -0.4 is 5.32 Å². The second-order valence-electron chi connectivity index (χ2n) is 5.98. The SMILES string of the molecule is CC1CCC(O)(CNC(=O)C=Cc2ccccc2F)CC1. The van der Waals surface area contributed by atoms with Gasteiger partial charge in [0.15, 0.2) is 0 Å². The van der Waals surface area contributed by atoms with Gasteiger partial charge in [0.1, 0.15) is 5.82 Å². The smallest absolute Gasteiger partial charge is 0.244 e. The summed E-state index contributed by atoms with van der Waals surface area (Å²) in [5, 5.41) is 13.1. The lowest BCUT2D eigenvalue weighted by Crippen LogP contribution is -2.44. The van der Waals surface area contributed by atoms with Crippen LogP contribution in [0.1, 0.15) is 38.2 Å². The van der Waals surface area contributed by atoms with E-state index in [4.69, 9.17) is 0 Å². The van der Waals surface area contributed by atoms with Crippen LogP contribution >= 0.6 is 0 Å². The van der Waals surface area contributed by atoms with Crippen LogP contribution in [0.15, 0.2) is 30.3 Å². The maximum Gasteiger partial charge on any atom is 0.244 e. The van der Waals surface area contributed by atoms with Gasteiger partial charge in [-0.3, -0.25) is 4.79 Å². The van der Waals surface area contributed by atoms with Crippen molar-refractivity contribution in [3.8, 4) is 0 Å². The summed E-state index contributed by atoms with van der Waals surface area (Å²) in [6, 6.07) is 6.28. The lowest BCUT2D eigenvalue weighted by Gasteiger charge is -2.34. The molecule has 0 atom stereocenters. The maximum absolute atomic E-state index is 13.4. The summed E-state index contributed by atoms with van der Waals surface area (Å²) >= 11 is 0. The molecule has 0 spiro atoms. The van der Waals surface area contributed by atoms with Crippen LogP contribution in [0, 0.1) is 11.7 Å². The average molecular weight is 291 g/mol. The van der Waals surface area contributed by atoms with E-state index in [9.17, 15) is 14.3 Å². The second kappa shape index (κ2) is 6.85. The fourth-order valence-electron chi connectivity index (χ4n) is 2.56. The van der Waals surface area contributed by atoms with E-state index in [2.05, 4.69) is 12.2 Å². The predicted octanol–water partition coefficient (Wildman–Crippen LogP) is 2.90. The highest BCUT2D eigenvalue weighted by atomic mass is 19.1. The van der Waals surface area contributed by atoms with Crippen molar-refractivity contribution in [1.29, 1.82) is 0 Å². The van der Waals surface area contributed by atoms with Crippen molar-refractivity contribution >= 4 is 12.0 Å². The molecule has 0 unspecified atom stereocenters. The van der Waals surface area contributed by atoms with Crippen LogP contribution in [0.4, 0.5) is 4.39 Å². The first-order valence-electron chi connectivity index (χ1n) is 7.41. The zero-order chi connectivity index (χ0) is 15.3. The van der Waals surface area contributed by atoms with Crippen LogP contribution in [0.25, 0.3) is 6.08 Å². The number of amides is 1. The van der Waals surface area contributed by atoms with Crippen LogP contribution in [0.3, 0.4) is 0 Å². The Morgan fingerprint density at radius 1 is 1.43 bits per heavy atom. The number of benzene rings is 1. The van der Waals surface area contributed by atoms with Gasteiger partial charge in [0.05, 0.1) is 5.60 Å². The van der Waals surface area contributed by atoms with Gasteiger partial charge in [0.2, 0.25) is 5.91 Å². The van der Waals surface area contributed by atoms with Crippen molar-refractivity contribution < 1.29 is 14.3 Å². The first-order valence-corrected chi connectivity index (χ1v) is 7.41. The lowest BCUT2D eigenvalue weighted by atomic mass is 9.79. The third-order valence-corrected chi connectivity index (χ3v) is 4.12. The van der Waals surface area contributed by atoms with Gasteiger partial charge in [-0.15, -0.1) is 0 Å². The maximum atomic E-state index is 13.4. The first-order chi connectivity index (χ1) is 9.98. The Hall–Kier alpha value is -1.68. The van der Waals surface area contributed by atoms with Crippen molar-refractivity contribution in [1.82, 2.24) is 5.32 Å². The summed E-state index contributed by atoms with van der Waals surface area (Å²) in [4.78, 5) is 11.7. The molecule has 3 nitrogen and oxygen atoms in total. The summed E-state index contributed by atoms with van der Waals surface area (Å²) in [5.74, 6) is -0.0336. The molecular weight excluding hydrogens is 269 g/mol. The molecule has 114 valence electrons. The quantitative estimate of drug-likeness (QED) is 0.838. The molecule has 1 aromatic rings. The Kier molecular flexibility index (Phi) is 5.12. The summed E-state index contributed by atoms with van der Waals surface area (Å²) in [7, 11) is 0. The summed E-state index contributed by atoms with van der Waals surface area (Å²) < 4.78 is 13.4. The number of carbonyl (C=O) groups is 1. The third kappa shape index (κ3) is 4.67. The van der Waals surface area contributed by atoms with Crippen LogP contribution in [0.5, 0.6) is 0 Å². The zero-order valence-electron chi connectivity index (χ0n) is 12.3. The first kappa shape index (κ1) is 15.7. The van der Waals surface area contributed by atoms with Gasteiger partial charge in [-0.2, -0.15) is 0 Å². The molecular formula is C17H22FNO2. The number of rotatable bonds is 4. The van der Waals surface area contributed by atoms with Crippen LogP contribution in [-0.4, -0.2) is 23.2 Å². The average Bonchev–Trinajstić information content (AvgIpc) is 2.48. The van der Waals surface area contributed by atoms with Gasteiger partial charge in [0, 0.05) is 18.2 Å². The minimum Gasteiger partial charge on any atom is -0.388 e. The number of hydrogen-bond donors (Lipinski definition) is 2. The molecule has 0 saturated heterocycles. The molecule has 0 radical (unpaired) electrons. The van der Waals surface area contributed by atoms with Crippen molar-refractivity contribution in [3.63, 3.8) is 0 Å². The highest BCUT2D eigenvalue weighted by Gasteiger charge is 2.31. The minimum atomic E-state index is -0.798. The third-order valence-electron chi connectivity index (χ3n) is 4.12. The van der Waals surface area contributed by atoms with Gasteiger partial charge in [-0.05, 0) is 43.7 Å². The van der Waals surface area contributed by atoms with Crippen molar-refractivity contribution in [2.75, 3.05) is 6.54 Å². The van der Waals surface area contributed by atoms with E-state index in [1.807, 2.05) is 0 Å². The molecule has 1 aromatic carbocycles. The van der Waals surface area contributed by atoms with E-state index in [1.165, 1.54) is 18.2 Å². The Bertz CT molecular complexity index is 519. The topological polar surface area (TPSA) is 49.3 Å². The Balaban J connectivity index is 1.84. The Labute approximate surface area is 124 Å². The van der Waals surface area contributed by atoms with E-state index in [0.717, 1.165) is 12.8 Å². The second-order valence-corrected chi connectivity index (χ2v) is 5.98.